The van der Waals surface area contributed by atoms with Crippen LogP contribution in [0.3, 0.4) is 0 Å². The zero-order valence-electron chi connectivity index (χ0n) is 23.0. The number of carbonyl (C=O) groups excluding carboxylic acids is 3. The summed E-state index contributed by atoms with van der Waals surface area (Å²) in [5, 5.41) is 17.4. The summed E-state index contributed by atoms with van der Waals surface area (Å²) in [6.07, 6.45) is 4.30. The van der Waals surface area contributed by atoms with Crippen LogP contribution in [0.1, 0.15) is 44.1 Å². The molecule has 1 rings (SSSR count). The van der Waals surface area contributed by atoms with Gasteiger partial charge in [0, 0.05) is 6.54 Å². The third-order valence-electron chi connectivity index (χ3n) is 6.02. The van der Waals surface area contributed by atoms with E-state index in [4.69, 9.17) is 22.9 Å². The molecule has 40 heavy (non-hydrogen) atoms. The number of hydrogen-bond donors (Lipinski definition) is 8. The maximum Gasteiger partial charge on any atom is 0.326 e. The van der Waals surface area contributed by atoms with E-state index in [2.05, 4.69) is 20.9 Å². The Bertz CT molecular complexity index is 962. The number of thioether (sulfide) groups is 1. The Hall–Kier alpha value is -3.36. The second-order valence-corrected chi connectivity index (χ2v) is 10.3. The number of unbranched alkanes of at least 4 members (excludes halogenated alkanes) is 1. The van der Waals surface area contributed by atoms with Gasteiger partial charge in [-0.2, -0.15) is 11.8 Å². The molecule has 12 N–H and O–H groups in total. The number of rotatable bonds is 20. The summed E-state index contributed by atoms with van der Waals surface area (Å²) >= 11 is 1.47. The molecule has 0 radical (unpaired) electrons. The summed E-state index contributed by atoms with van der Waals surface area (Å²) in [4.78, 5) is 54.9. The molecule has 0 fully saturated rings. The van der Waals surface area contributed by atoms with Crippen molar-refractivity contribution in [2.24, 2.45) is 27.9 Å². The van der Waals surface area contributed by atoms with Crippen LogP contribution in [0.2, 0.25) is 0 Å². The van der Waals surface area contributed by atoms with Crippen molar-refractivity contribution >= 4 is 41.4 Å². The second kappa shape index (κ2) is 19.7. The van der Waals surface area contributed by atoms with Gasteiger partial charge in [0.25, 0.3) is 0 Å². The van der Waals surface area contributed by atoms with Crippen LogP contribution in [-0.4, -0.2) is 84.0 Å². The van der Waals surface area contributed by atoms with Crippen molar-refractivity contribution in [1.82, 2.24) is 16.0 Å². The van der Waals surface area contributed by atoms with Gasteiger partial charge in [-0.25, -0.2) is 4.79 Å². The number of nitrogens with two attached hydrogens (primary N) is 4. The molecular formula is C26H44N8O5S. The number of nitrogens with one attached hydrogen (secondary N) is 3. The lowest BCUT2D eigenvalue weighted by Crippen LogP contribution is -2.57. The van der Waals surface area contributed by atoms with E-state index >= 15 is 0 Å². The molecule has 0 spiro atoms. The minimum absolute atomic E-state index is 0.0943. The summed E-state index contributed by atoms with van der Waals surface area (Å²) in [5.74, 6) is -2.47. The molecule has 1 aromatic rings. The predicted molar refractivity (Wildman–Crippen MR) is 157 cm³/mol. The Kier molecular flexibility index (Phi) is 17.0. The van der Waals surface area contributed by atoms with Crippen molar-refractivity contribution in [1.29, 1.82) is 0 Å². The van der Waals surface area contributed by atoms with E-state index in [1.165, 1.54) is 11.8 Å². The molecule has 4 unspecified atom stereocenters. The van der Waals surface area contributed by atoms with Crippen LogP contribution in [-0.2, 0) is 25.6 Å². The van der Waals surface area contributed by atoms with Crippen molar-refractivity contribution in [2.75, 3.05) is 25.1 Å². The predicted octanol–water partition coefficient (Wildman–Crippen LogP) is -0.969. The van der Waals surface area contributed by atoms with Gasteiger partial charge >= 0.3 is 5.97 Å². The number of carbonyl (C=O) groups is 4. The van der Waals surface area contributed by atoms with E-state index in [0.717, 1.165) is 5.56 Å². The molecule has 0 aliphatic carbocycles. The number of nitrogens with zero attached hydrogens (tertiary/aromatic N) is 1. The Labute approximate surface area is 239 Å². The van der Waals surface area contributed by atoms with Gasteiger partial charge in [-0.05, 0) is 69.1 Å². The van der Waals surface area contributed by atoms with E-state index in [-0.39, 0.29) is 38.2 Å². The second-order valence-electron chi connectivity index (χ2n) is 9.33. The van der Waals surface area contributed by atoms with Crippen molar-refractivity contribution in [3.8, 4) is 0 Å². The number of benzene rings is 1. The summed E-state index contributed by atoms with van der Waals surface area (Å²) in [6, 6.07) is 5.19. The lowest BCUT2D eigenvalue weighted by Gasteiger charge is -2.25. The highest BCUT2D eigenvalue weighted by molar-refractivity contribution is 7.98. The fraction of sp³-hybridized carbons (Fsp3) is 0.577. The van der Waals surface area contributed by atoms with Gasteiger partial charge in [0.1, 0.15) is 18.1 Å². The maximum absolute atomic E-state index is 13.3. The Balaban J connectivity index is 2.99. The Morgan fingerprint density at radius 1 is 0.875 bits per heavy atom. The van der Waals surface area contributed by atoms with Crippen molar-refractivity contribution in [2.45, 2.75) is 69.1 Å². The molecule has 0 bridgehead atoms. The summed E-state index contributed by atoms with van der Waals surface area (Å²) in [6.45, 7) is 0.648. The lowest BCUT2D eigenvalue weighted by molar-refractivity contribution is -0.142. The van der Waals surface area contributed by atoms with Gasteiger partial charge in [-0.15, -0.1) is 0 Å². The Morgan fingerprint density at radius 2 is 1.45 bits per heavy atom. The molecule has 0 heterocycles. The van der Waals surface area contributed by atoms with Gasteiger partial charge in [-0.3, -0.25) is 19.4 Å². The van der Waals surface area contributed by atoms with Gasteiger partial charge in [-0.1, -0.05) is 30.3 Å². The lowest BCUT2D eigenvalue weighted by atomic mass is 10.0. The van der Waals surface area contributed by atoms with Gasteiger partial charge < -0.3 is 44.0 Å². The van der Waals surface area contributed by atoms with Crippen molar-refractivity contribution < 1.29 is 24.3 Å². The van der Waals surface area contributed by atoms with Crippen LogP contribution >= 0.6 is 11.8 Å². The van der Waals surface area contributed by atoms with Gasteiger partial charge in [0.05, 0.1) is 6.04 Å². The zero-order chi connectivity index (χ0) is 29.9. The average molecular weight is 581 g/mol. The van der Waals surface area contributed by atoms with Crippen molar-refractivity contribution in [3.63, 3.8) is 0 Å². The van der Waals surface area contributed by atoms with E-state index in [0.29, 0.717) is 31.6 Å². The van der Waals surface area contributed by atoms with Crippen LogP contribution in [0, 0.1) is 0 Å². The molecule has 224 valence electrons. The molecule has 0 aromatic heterocycles. The topological polar surface area (TPSA) is 241 Å². The molecule has 0 aliphatic rings. The molecule has 4 atom stereocenters. The number of aliphatic carboxylic acids is 1. The first-order valence-electron chi connectivity index (χ1n) is 13.3. The molecule has 3 amide bonds. The number of carboxylic acid groups (broad SMARTS) is 1. The summed E-state index contributed by atoms with van der Waals surface area (Å²) in [5.41, 5.74) is 23.2. The largest absolute Gasteiger partial charge is 0.480 e. The van der Waals surface area contributed by atoms with Crippen LogP contribution in [0.15, 0.2) is 35.3 Å². The smallest absolute Gasteiger partial charge is 0.326 e. The molecular weight excluding hydrogens is 536 g/mol. The average Bonchev–Trinajstić information content (AvgIpc) is 2.92. The maximum atomic E-state index is 13.3. The van der Waals surface area contributed by atoms with Gasteiger partial charge in [0.2, 0.25) is 17.7 Å². The normalized spacial score (nSPS) is 13.8. The number of hydrogen-bond acceptors (Lipinski definition) is 8. The summed E-state index contributed by atoms with van der Waals surface area (Å²) < 4.78 is 0. The van der Waals surface area contributed by atoms with E-state index in [9.17, 15) is 24.3 Å². The minimum Gasteiger partial charge on any atom is -0.480 e. The van der Waals surface area contributed by atoms with E-state index < -0.39 is 47.9 Å². The van der Waals surface area contributed by atoms with Crippen LogP contribution in [0.25, 0.3) is 0 Å². The summed E-state index contributed by atoms with van der Waals surface area (Å²) in [7, 11) is 0. The van der Waals surface area contributed by atoms with Crippen LogP contribution in [0.5, 0.6) is 0 Å². The van der Waals surface area contributed by atoms with Gasteiger partial charge in [0.15, 0.2) is 5.96 Å². The highest BCUT2D eigenvalue weighted by atomic mass is 32.2. The highest BCUT2D eigenvalue weighted by Gasteiger charge is 2.30. The molecule has 14 heteroatoms. The number of aliphatic imine (C=N–C) groups is 1. The fourth-order valence-corrected chi connectivity index (χ4v) is 4.28. The first-order valence-corrected chi connectivity index (χ1v) is 14.7. The fourth-order valence-electron chi connectivity index (χ4n) is 3.81. The quantitative estimate of drug-likeness (QED) is 0.0533. The van der Waals surface area contributed by atoms with E-state index in [1.807, 2.05) is 36.6 Å². The number of guanidine groups is 1. The van der Waals surface area contributed by atoms with Crippen LogP contribution < -0.4 is 38.9 Å². The standard InChI is InChI=1S/C26H44N8O5S/c1-40-15-12-20(24(37)34-21(25(38)39)10-5-6-13-27)33-23(36)19(11-7-14-31-26(29)30)32-22(35)18(28)16-17-8-3-2-4-9-17/h2-4,8-9,18-21H,5-7,10-16,27-28H2,1H3,(H,32,35)(H,33,36)(H,34,37)(H,38,39)(H4,29,30,31). The monoisotopic (exact) mass is 580 g/mol. The third-order valence-corrected chi connectivity index (χ3v) is 6.66. The van der Waals surface area contributed by atoms with Crippen molar-refractivity contribution in [3.05, 3.63) is 35.9 Å². The molecule has 1 aromatic carbocycles. The first-order chi connectivity index (χ1) is 19.1. The minimum atomic E-state index is -1.17. The van der Waals surface area contributed by atoms with Crippen LogP contribution in [0.4, 0.5) is 0 Å². The first kappa shape index (κ1) is 34.7. The number of carboxylic acids is 1. The molecule has 13 nitrogen and oxygen atoms in total. The molecule has 0 saturated carbocycles. The Morgan fingerprint density at radius 3 is 2.02 bits per heavy atom. The zero-order valence-corrected chi connectivity index (χ0v) is 23.8. The highest BCUT2D eigenvalue weighted by Crippen LogP contribution is 2.08. The van der Waals surface area contributed by atoms with E-state index in [1.54, 1.807) is 0 Å². The third kappa shape index (κ3) is 14.1. The molecule has 0 aliphatic heterocycles. The SMILES string of the molecule is CSCCC(NC(=O)C(CCCN=C(N)N)NC(=O)C(N)Cc1ccccc1)C(=O)NC(CCCCN)C(=O)O. The molecule has 0 saturated heterocycles. The number of amides is 3.